The number of hydrogen-bond donors (Lipinski definition) is 1. The first kappa shape index (κ1) is 12.0. The first-order valence-electron chi connectivity index (χ1n) is 6.51. The Bertz CT molecular complexity index is 529. The Kier molecular flexibility index (Phi) is 3.37. The van der Waals surface area contributed by atoms with Crippen LogP contribution >= 0.6 is 0 Å². The Labute approximate surface area is 112 Å². The molecule has 2 heterocycles. The maximum absolute atomic E-state index is 5.16. The van der Waals surface area contributed by atoms with Crippen molar-refractivity contribution in [1.82, 2.24) is 15.1 Å². The SMILES string of the molecule is COc1ccc(-n2cc(N3CCNCC3)cn2)cc1. The van der Waals surface area contributed by atoms with Gasteiger partial charge in [-0.2, -0.15) is 5.10 Å². The van der Waals surface area contributed by atoms with Crippen molar-refractivity contribution in [3.8, 4) is 11.4 Å². The van der Waals surface area contributed by atoms with Crippen LogP contribution in [0.2, 0.25) is 0 Å². The van der Waals surface area contributed by atoms with Gasteiger partial charge in [-0.15, -0.1) is 0 Å². The highest BCUT2D eigenvalue weighted by atomic mass is 16.5. The molecule has 0 aliphatic carbocycles. The summed E-state index contributed by atoms with van der Waals surface area (Å²) in [6.07, 6.45) is 4.00. The van der Waals surface area contributed by atoms with Crippen molar-refractivity contribution in [1.29, 1.82) is 0 Å². The van der Waals surface area contributed by atoms with Gasteiger partial charge >= 0.3 is 0 Å². The zero-order chi connectivity index (χ0) is 13.1. The standard InChI is InChI=1S/C14H18N4O/c1-19-14-4-2-12(3-5-14)18-11-13(10-16-18)17-8-6-15-7-9-17/h2-5,10-11,15H,6-9H2,1H3. The summed E-state index contributed by atoms with van der Waals surface area (Å²) in [5.41, 5.74) is 2.22. The second-order valence-electron chi connectivity index (χ2n) is 4.58. The fraction of sp³-hybridized carbons (Fsp3) is 0.357. The van der Waals surface area contributed by atoms with Crippen LogP contribution in [0.25, 0.3) is 5.69 Å². The smallest absolute Gasteiger partial charge is 0.119 e. The van der Waals surface area contributed by atoms with E-state index in [-0.39, 0.29) is 0 Å². The number of methoxy groups -OCH3 is 1. The maximum atomic E-state index is 5.16. The third kappa shape index (κ3) is 2.56. The molecule has 1 aliphatic rings. The number of rotatable bonds is 3. The average molecular weight is 258 g/mol. The lowest BCUT2D eigenvalue weighted by Gasteiger charge is -2.27. The van der Waals surface area contributed by atoms with Gasteiger partial charge in [-0.1, -0.05) is 0 Å². The molecule has 0 saturated carbocycles. The number of hydrogen-bond acceptors (Lipinski definition) is 4. The molecule has 1 aromatic heterocycles. The van der Waals surface area contributed by atoms with E-state index in [0.717, 1.165) is 37.6 Å². The van der Waals surface area contributed by atoms with Gasteiger partial charge < -0.3 is 15.0 Å². The minimum Gasteiger partial charge on any atom is -0.497 e. The minimum absolute atomic E-state index is 0.859. The van der Waals surface area contributed by atoms with Gasteiger partial charge in [-0.25, -0.2) is 4.68 Å². The van der Waals surface area contributed by atoms with Gasteiger partial charge in [0.25, 0.3) is 0 Å². The lowest BCUT2D eigenvalue weighted by molar-refractivity contribution is 0.414. The van der Waals surface area contributed by atoms with Crippen LogP contribution in [-0.4, -0.2) is 43.1 Å². The number of ether oxygens (including phenoxy) is 1. The van der Waals surface area contributed by atoms with Gasteiger partial charge in [-0.3, -0.25) is 0 Å². The summed E-state index contributed by atoms with van der Waals surface area (Å²) in [5.74, 6) is 0.859. The predicted molar refractivity (Wildman–Crippen MR) is 75.2 cm³/mol. The summed E-state index contributed by atoms with van der Waals surface area (Å²) in [7, 11) is 1.67. The van der Waals surface area contributed by atoms with Gasteiger partial charge in [0.15, 0.2) is 0 Å². The van der Waals surface area contributed by atoms with Crippen molar-refractivity contribution in [2.45, 2.75) is 0 Å². The van der Waals surface area contributed by atoms with E-state index in [1.54, 1.807) is 7.11 Å². The average Bonchev–Trinajstić information content (AvgIpc) is 2.98. The number of aromatic nitrogens is 2. The predicted octanol–water partition coefficient (Wildman–Crippen LogP) is 1.29. The summed E-state index contributed by atoms with van der Waals surface area (Å²) in [6.45, 7) is 4.14. The Morgan fingerprint density at radius 2 is 1.84 bits per heavy atom. The minimum atomic E-state index is 0.859. The third-order valence-corrected chi connectivity index (χ3v) is 3.39. The van der Waals surface area contributed by atoms with Crippen LogP contribution in [-0.2, 0) is 0 Å². The van der Waals surface area contributed by atoms with Crippen LogP contribution in [0.4, 0.5) is 5.69 Å². The molecule has 19 heavy (non-hydrogen) atoms. The molecule has 1 fully saturated rings. The first-order chi connectivity index (χ1) is 9.36. The molecule has 0 radical (unpaired) electrons. The van der Waals surface area contributed by atoms with Crippen molar-refractivity contribution >= 4 is 5.69 Å². The fourth-order valence-electron chi connectivity index (χ4n) is 2.28. The molecular weight excluding hydrogens is 240 g/mol. The van der Waals surface area contributed by atoms with Crippen molar-refractivity contribution in [2.24, 2.45) is 0 Å². The second kappa shape index (κ2) is 5.32. The highest BCUT2D eigenvalue weighted by Gasteiger charge is 2.12. The van der Waals surface area contributed by atoms with Gasteiger partial charge in [0, 0.05) is 26.2 Å². The van der Waals surface area contributed by atoms with Crippen molar-refractivity contribution in [3.05, 3.63) is 36.7 Å². The molecule has 5 heteroatoms. The van der Waals surface area contributed by atoms with Crippen LogP contribution in [0.5, 0.6) is 5.75 Å². The topological polar surface area (TPSA) is 42.3 Å². The Hall–Kier alpha value is -2.01. The number of piperazine rings is 1. The van der Waals surface area contributed by atoms with Crippen molar-refractivity contribution in [2.75, 3.05) is 38.2 Å². The number of benzene rings is 1. The fourth-order valence-corrected chi connectivity index (χ4v) is 2.28. The molecule has 0 atom stereocenters. The van der Waals surface area contributed by atoms with E-state index in [1.807, 2.05) is 35.1 Å². The molecule has 1 aromatic carbocycles. The van der Waals surface area contributed by atoms with E-state index < -0.39 is 0 Å². The molecule has 2 aromatic rings. The number of nitrogens with one attached hydrogen (secondary N) is 1. The maximum Gasteiger partial charge on any atom is 0.119 e. The quantitative estimate of drug-likeness (QED) is 0.901. The normalized spacial score (nSPS) is 15.5. The second-order valence-corrected chi connectivity index (χ2v) is 4.58. The largest absolute Gasteiger partial charge is 0.497 e. The molecule has 1 N–H and O–H groups in total. The molecule has 100 valence electrons. The molecule has 0 amide bonds. The van der Waals surface area contributed by atoms with Gasteiger partial charge in [0.1, 0.15) is 5.75 Å². The third-order valence-electron chi connectivity index (χ3n) is 3.39. The van der Waals surface area contributed by atoms with Crippen LogP contribution in [0.1, 0.15) is 0 Å². The zero-order valence-electron chi connectivity index (χ0n) is 11.0. The molecular formula is C14H18N4O. The summed E-state index contributed by atoms with van der Waals surface area (Å²) in [4.78, 5) is 2.35. The molecule has 5 nitrogen and oxygen atoms in total. The van der Waals surface area contributed by atoms with Crippen LogP contribution < -0.4 is 15.0 Å². The molecule has 1 aliphatic heterocycles. The Balaban J connectivity index is 1.79. The molecule has 0 bridgehead atoms. The Morgan fingerprint density at radius 1 is 1.11 bits per heavy atom. The number of anilines is 1. The van der Waals surface area contributed by atoms with Crippen LogP contribution in [0, 0.1) is 0 Å². The molecule has 0 spiro atoms. The number of nitrogens with zero attached hydrogens (tertiary/aromatic N) is 3. The Morgan fingerprint density at radius 3 is 2.53 bits per heavy atom. The highest BCUT2D eigenvalue weighted by Crippen LogP contribution is 2.18. The monoisotopic (exact) mass is 258 g/mol. The van der Waals surface area contributed by atoms with E-state index in [9.17, 15) is 0 Å². The van der Waals surface area contributed by atoms with E-state index in [1.165, 1.54) is 5.69 Å². The molecule has 3 rings (SSSR count). The van der Waals surface area contributed by atoms with Gasteiger partial charge in [-0.05, 0) is 24.3 Å². The van der Waals surface area contributed by atoms with Gasteiger partial charge in [0.05, 0.1) is 30.9 Å². The van der Waals surface area contributed by atoms with E-state index in [2.05, 4.69) is 21.5 Å². The summed E-state index contributed by atoms with van der Waals surface area (Å²) in [6, 6.07) is 7.91. The summed E-state index contributed by atoms with van der Waals surface area (Å²) >= 11 is 0. The summed E-state index contributed by atoms with van der Waals surface area (Å²) < 4.78 is 7.06. The van der Waals surface area contributed by atoms with E-state index >= 15 is 0 Å². The highest BCUT2D eigenvalue weighted by molar-refractivity contribution is 5.46. The van der Waals surface area contributed by atoms with E-state index in [0.29, 0.717) is 0 Å². The summed E-state index contributed by atoms with van der Waals surface area (Å²) in [5, 5.41) is 7.78. The first-order valence-corrected chi connectivity index (χ1v) is 6.51. The lowest BCUT2D eigenvalue weighted by atomic mass is 10.3. The lowest BCUT2D eigenvalue weighted by Crippen LogP contribution is -2.43. The molecule has 0 unspecified atom stereocenters. The zero-order valence-corrected chi connectivity index (χ0v) is 11.0. The molecule has 1 saturated heterocycles. The van der Waals surface area contributed by atoms with Crippen LogP contribution in [0.3, 0.4) is 0 Å². The van der Waals surface area contributed by atoms with Crippen LogP contribution in [0.15, 0.2) is 36.7 Å². The van der Waals surface area contributed by atoms with E-state index in [4.69, 9.17) is 4.74 Å². The van der Waals surface area contributed by atoms with Crippen molar-refractivity contribution < 1.29 is 4.74 Å². The van der Waals surface area contributed by atoms with Gasteiger partial charge in [0.2, 0.25) is 0 Å². The van der Waals surface area contributed by atoms with Crippen molar-refractivity contribution in [3.63, 3.8) is 0 Å².